The van der Waals surface area contributed by atoms with Gasteiger partial charge in [-0.15, -0.1) is 0 Å². The summed E-state index contributed by atoms with van der Waals surface area (Å²) in [5, 5.41) is 33.1. The SMILES string of the molecule is CC[C@H]1CC[C@@]2(O)[C@@H]3CC=C4CC(O)CC[C@]4(C)[C@H]3CC(O)[C@]12C. The third kappa shape index (κ3) is 1.90. The lowest BCUT2D eigenvalue weighted by Gasteiger charge is -2.62. The van der Waals surface area contributed by atoms with Crippen LogP contribution in [0.15, 0.2) is 11.6 Å². The molecule has 0 heterocycles. The fourth-order valence-electron chi connectivity index (χ4n) is 7.36. The van der Waals surface area contributed by atoms with E-state index in [0.29, 0.717) is 11.8 Å². The monoisotopic (exact) mass is 334 g/mol. The summed E-state index contributed by atoms with van der Waals surface area (Å²) in [5.74, 6) is 1.02. The van der Waals surface area contributed by atoms with Crippen LogP contribution < -0.4 is 0 Å². The molecule has 4 rings (SSSR count). The minimum absolute atomic E-state index is 0.0461. The first kappa shape index (κ1) is 17.1. The number of allylic oxidation sites excluding steroid dienone is 1. The van der Waals surface area contributed by atoms with Gasteiger partial charge >= 0.3 is 0 Å². The molecule has 0 saturated heterocycles. The van der Waals surface area contributed by atoms with Crippen LogP contribution in [0.2, 0.25) is 0 Å². The van der Waals surface area contributed by atoms with Crippen LogP contribution in [0.3, 0.4) is 0 Å². The number of fused-ring (bicyclic) bond motifs is 5. The molecule has 0 amide bonds. The largest absolute Gasteiger partial charge is 0.393 e. The van der Waals surface area contributed by atoms with E-state index in [-0.39, 0.29) is 22.9 Å². The molecule has 3 nitrogen and oxygen atoms in total. The van der Waals surface area contributed by atoms with Gasteiger partial charge in [0.15, 0.2) is 0 Å². The molecule has 136 valence electrons. The molecule has 0 aromatic heterocycles. The maximum Gasteiger partial charge on any atom is 0.0762 e. The van der Waals surface area contributed by atoms with Crippen LogP contribution in [-0.2, 0) is 0 Å². The standard InChI is InChI=1S/C21H34O3/c1-4-13-7-10-21(24)16-6-5-14-11-15(22)8-9-19(14,2)17(16)12-18(23)20(13,21)3/h5,13,15-18,22-24H,4,6-12H2,1-3H3/t13-,15?,16+,17-,18?,19-,20-,21+/m0/s1. The normalized spacial score (nSPS) is 56.9. The Morgan fingerprint density at radius 2 is 1.88 bits per heavy atom. The first-order valence-corrected chi connectivity index (χ1v) is 10.1. The van der Waals surface area contributed by atoms with Gasteiger partial charge in [0.1, 0.15) is 0 Å². The van der Waals surface area contributed by atoms with E-state index in [1.807, 2.05) is 0 Å². The zero-order chi connectivity index (χ0) is 17.3. The Balaban J connectivity index is 1.76. The van der Waals surface area contributed by atoms with Gasteiger partial charge in [-0.05, 0) is 68.1 Å². The minimum atomic E-state index is -0.739. The van der Waals surface area contributed by atoms with Gasteiger partial charge in [-0.25, -0.2) is 0 Å². The predicted molar refractivity (Wildman–Crippen MR) is 94.3 cm³/mol. The lowest BCUT2D eigenvalue weighted by molar-refractivity contribution is -0.225. The highest BCUT2D eigenvalue weighted by Gasteiger charge is 2.68. The van der Waals surface area contributed by atoms with Crippen LogP contribution in [0, 0.1) is 28.6 Å². The summed E-state index contributed by atoms with van der Waals surface area (Å²) >= 11 is 0. The zero-order valence-electron chi connectivity index (χ0n) is 15.5. The minimum Gasteiger partial charge on any atom is -0.393 e. The average Bonchev–Trinajstić information content (AvgIpc) is 2.82. The Morgan fingerprint density at radius 3 is 2.58 bits per heavy atom. The maximum absolute atomic E-state index is 11.9. The van der Waals surface area contributed by atoms with Crippen molar-refractivity contribution in [3.63, 3.8) is 0 Å². The van der Waals surface area contributed by atoms with Gasteiger partial charge in [0.05, 0.1) is 17.8 Å². The highest BCUT2D eigenvalue weighted by molar-refractivity contribution is 5.28. The summed E-state index contributed by atoms with van der Waals surface area (Å²) in [4.78, 5) is 0. The van der Waals surface area contributed by atoms with E-state index >= 15 is 0 Å². The Kier molecular flexibility index (Phi) is 3.77. The van der Waals surface area contributed by atoms with Crippen molar-refractivity contribution in [2.24, 2.45) is 28.6 Å². The molecule has 3 N–H and O–H groups in total. The molecule has 24 heavy (non-hydrogen) atoms. The molecule has 3 heteroatoms. The van der Waals surface area contributed by atoms with Gasteiger partial charge < -0.3 is 15.3 Å². The van der Waals surface area contributed by atoms with Crippen LogP contribution >= 0.6 is 0 Å². The maximum atomic E-state index is 11.9. The van der Waals surface area contributed by atoms with Crippen molar-refractivity contribution >= 4 is 0 Å². The van der Waals surface area contributed by atoms with Crippen LogP contribution in [0.4, 0.5) is 0 Å². The van der Waals surface area contributed by atoms with Crippen LogP contribution in [0.25, 0.3) is 0 Å². The van der Waals surface area contributed by atoms with Gasteiger partial charge in [-0.3, -0.25) is 0 Å². The van der Waals surface area contributed by atoms with Gasteiger partial charge in [0.25, 0.3) is 0 Å². The van der Waals surface area contributed by atoms with E-state index in [9.17, 15) is 15.3 Å². The second-order valence-electron chi connectivity index (χ2n) is 9.59. The van der Waals surface area contributed by atoms with Crippen LogP contribution in [0.5, 0.6) is 0 Å². The van der Waals surface area contributed by atoms with Gasteiger partial charge in [-0.1, -0.05) is 38.8 Å². The van der Waals surface area contributed by atoms with Gasteiger partial charge in [-0.2, -0.15) is 0 Å². The van der Waals surface area contributed by atoms with Crippen molar-refractivity contribution in [1.29, 1.82) is 0 Å². The fourth-order valence-corrected chi connectivity index (χ4v) is 7.36. The molecule has 2 unspecified atom stereocenters. The summed E-state index contributed by atoms with van der Waals surface area (Å²) in [6.07, 6.45) is 8.95. The average molecular weight is 335 g/mol. The first-order valence-electron chi connectivity index (χ1n) is 10.1. The Morgan fingerprint density at radius 1 is 1.12 bits per heavy atom. The zero-order valence-corrected chi connectivity index (χ0v) is 15.5. The number of rotatable bonds is 1. The first-order chi connectivity index (χ1) is 11.3. The molecule has 0 bridgehead atoms. The highest BCUT2D eigenvalue weighted by Crippen LogP contribution is 2.68. The molecule has 0 aliphatic heterocycles. The van der Waals surface area contributed by atoms with E-state index in [4.69, 9.17) is 0 Å². The number of hydrogen-bond acceptors (Lipinski definition) is 3. The molecule has 4 aliphatic rings. The quantitative estimate of drug-likeness (QED) is 0.644. The predicted octanol–water partition coefficient (Wildman–Crippen LogP) is 3.42. The summed E-state index contributed by atoms with van der Waals surface area (Å²) in [6.45, 7) is 6.68. The van der Waals surface area contributed by atoms with E-state index < -0.39 is 11.7 Å². The van der Waals surface area contributed by atoms with Crippen molar-refractivity contribution in [1.82, 2.24) is 0 Å². The summed E-state index contributed by atoms with van der Waals surface area (Å²) in [7, 11) is 0. The van der Waals surface area contributed by atoms with Gasteiger partial charge in [0, 0.05) is 5.41 Å². The molecule has 0 radical (unpaired) electrons. The van der Waals surface area contributed by atoms with E-state index in [1.54, 1.807) is 0 Å². The molecular weight excluding hydrogens is 300 g/mol. The highest BCUT2D eigenvalue weighted by atomic mass is 16.3. The van der Waals surface area contributed by atoms with E-state index in [2.05, 4.69) is 26.8 Å². The number of aliphatic hydroxyl groups excluding tert-OH is 2. The van der Waals surface area contributed by atoms with Crippen molar-refractivity contribution < 1.29 is 15.3 Å². The van der Waals surface area contributed by atoms with Gasteiger partial charge in [0.2, 0.25) is 0 Å². The van der Waals surface area contributed by atoms with E-state index in [0.717, 1.165) is 51.4 Å². The smallest absolute Gasteiger partial charge is 0.0762 e. The topological polar surface area (TPSA) is 60.7 Å². The second-order valence-corrected chi connectivity index (χ2v) is 9.59. The lowest BCUT2D eigenvalue weighted by atomic mass is 9.45. The summed E-state index contributed by atoms with van der Waals surface area (Å²) < 4.78 is 0. The molecule has 4 aliphatic carbocycles. The van der Waals surface area contributed by atoms with E-state index in [1.165, 1.54) is 5.57 Å². The third-order valence-corrected chi connectivity index (χ3v) is 9.04. The van der Waals surface area contributed by atoms with Crippen LogP contribution in [-0.4, -0.2) is 33.1 Å². The number of hydrogen-bond donors (Lipinski definition) is 3. The molecule has 0 spiro atoms. The van der Waals surface area contributed by atoms with Crippen molar-refractivity contribution in [3.8, 4) is 0 Å². The molecule has 0 aromatic carbocycles. The Labute approximate surface area is 146 Å². The van der Waals surface area contributed by atoms with Crippen molar-refractivity contribution in [2.45, 2.75) is 89.9 Å². The van der Waals surface area contributed by atoms with Crippen LogP contribution in [0.1, 0.15) is 72.1 Å². The molecule has 3 saturated carbocycles. The molecular formula is C21H34O3. The Bertz CT molecular complexity index is 557. The molecule has 3 fully saturated rings. The summed E-state index contributed by atoms with van der Waals surface area (Å²) in [6, 6.07) is 0. The summed E-state index contributed by atoms with van der Waals surface area (Å²) in [5.41, 5.74) is 0.326. The Hall–Kier alpha value is -0.380. The van der Waals surface area contributed by atoms with Crippen molar-refractivity contribution in [2.75, 3.05) is 0 Å². The molecule has 0 aromatic rings. The second kappa shape index (κ2) is 5.31. The third-order valence-electron chi connectivity index (χ3n) is 9.04. The number of aliphatic hydroxyl groups is 3. The lowest BCUT2D eigenvalue weighted by Crippen LogP contribution is -2.65. The van der Waals surface area contributed by atoms with Crippen molar-refractivity contribution in [3.05, 3.63) is 11.6 Å². The fraction of sp³-hybridized carbons (Fsp3) is 0.905. The molecule has 8 atom stereocenters.